The van der Waals surface area contributed by atoms with Crippen molar-refractivity contribution in [2.45, 2.75) is 18.2 Å². The summed E-state index contributed by atoms with van der Waals surface area (Å²) in [4.78, 5) is 0.180. The number of alkyl halides is 1. The predicted molar refractivity (Wildman–Crippen MR) is 68.7 cm³/mol. The lowest BCUT2D eigenvalue weighted by atomic mass is 10.2. The van der Waals surface area contributed by atoms with Gasteiger partial charge in [0.15, 0.2) is 0 Å². The maximum atomic E-state index is 13.0. The van der Waals surface area contributed by atoms with Crippen LogP contribution in [0.5, 0.6) is 0 Å². The molecule has 1 aliphatic rings. The molecular formula is C12H15ClFNO2S. The van der Waals surface area contributed by atoms with Crippen molar-refractivity contribution in [3.05, 3.63) is 29.6 Å². The lowest BCUT2D eigenvalue weighted by Crippen LogP contribution is -2.29. The second-order valence-corrected chi connectivity index (χ2v) is 6.80. The van der Waals surface area contributed by atoms with Crippen molar-refractivity contribution < 1.29 is 12.8 Å². The molecule has 1 heterocycles. The van der Waals surface area contributed by atoms with Gasteiger partial charge in [-0.05, 0) is 43.0 Å². The van der Waals surface area contributed by atoms with Crippen LogP contribution in [-0.2, 0) is 10.0 Å². The molecule has 100 valence electrons. The largest absolute Gasteiger partial charge is 0.243 e. The molecule has 3 nitrogen and oxygen atoms in total. The van der Waals surface area contributed by atoms with Crippen LogP contribution in [0, 0.1) is 18.7 Å². The molecule has 18 heavy (non-hydrogen) atoms. The smallest absolute Gasteiger partial charge is 0.207 e. The maximum absolute atomic E-state index is 13.0. The number of hydrogen-bond acceptors (Lipinski definition) is 2. The zero-order chi connectivity index (χ0) is 13.3. The third-order valence-corrected chi connectivity index (χ3v) is 5.68. The van der Waals surface area contributed by atoms with Gasteiger partial charge in [-0.1, -0.05) is 0 Å². The third kappa shape index (κ3) is 2.53. The van der Waals surface area contributed by atoms with Gasteiger partial charge >= 0.3 is 0 Å². The van der Waals surface area contributed by atoms with Gasteiger partial charge in [0.1, 0.15) is 5.82 Å². The van der Waals surface area contributed by atoms with Gasteiger partial charge in [0, 0.05) is 19.0 Å². The molecule has 1 unspecified atom stereocenters. The number of halogens is 2. The predicted octanol–water partition coefficient (Wildman–Crippen LogP) is 2.38. The molecule has 2 rings (SSSR count). The Morgan fingerprint density at radius 1 is 1.50 bits per heavy atom. The SMILES string of the molecule is Cc1cc(F)ccc1S(=O)(=O)N1CCC(CCl)C1. The van der Waals surface area contributed by atoms with Gasteiger partial charge < -0.3 is 0 Å². The fraction of sp³-hybridized carbons (Fsp3) is 0.500. The molecule has 0 bridgehead atoms. The van der Waals surface area contributed by atoms with Gasteiger partial charge in [-0.15, -0.1) is 11.6 Å². The van der Waals surface area contributed by atoms with Crippen LogP contribution in [-0.4, -0.2) is 31.7 Å². The van der Waals surface area contributed by atoms with Crippen LogP contribution in [0.25, 0.3) is 0 Å². The molecule has 0 N–H and O–H groups in total. The highest BCUT2D eigenvalue weighted by atomic mass is 35.5. The van der Waals surface area contributed by atoms with Crippen molar-refractivity contribution in [1.29, 1.82) is 0 Å². The number of aryl methyl sites for hydroxylation is 1. The number of hydrogen-bond donors (Lipinski definition) is 0. The number of sulfonamides is 1. The Morgan fingerprint density at radius 3 is 2.78 bits per heavy atom. The Morgan fingerprint density at radius 2 is 2.22 bits per heavy atom. The van der Waals surface area contributed by atoms with E-state index in [4.69, 9.17) is 11.6 Å². The fourth-order valence-corrected chi connectivity index (χ4v) is 4.17. The van der Waals surface area contributed by atoms with Gasteiger partial charge in [-0.25, -0.2) is 12.8 Å². The number of nitrogens with zero attached hydrogens (tertiary/aromatic N) is 1. The van der Waals surface area contributed by atoms with Crippen molar-refractivity contribution in [3.8, 4) is 0 Å². The van der Waals surface area contributed by atoms with E-state index in [1.165, 1.54) is 22.5 Å². The first-order valence-corrected chi connectivity index (χ1v) is 7.75. The summed E-state index contributed by atoms with van der Waals surface area (Å²) in [5.74, 6) is 0.253. The van der Waals surface area contributed by atoms with E-state index in [0.29, 0.717) is 24.5 Å². The summed E-state index contributed by atoms with van der Waals surface area (Å²) in [5.41, 5.74) is 0.435. The molecule has 6 heteroatoms. The third-order valence-electron chi connectivity index (χ3n) is 3.22. The van der Waals surface area contributed by atoms with Crippen LogP contribution in [0.3, 0.4) is 0 Å². The average Bonchev–Trinajstić information content (AvgIpc) is 2.77. The molecule has 0 saturated carbocycles. The summed E-state index contributed by atoms with van der Waals surface area (Å²) >= 11 is 5.75. The second-order valence-electron chi connectivity index (χ2n) is 4.58. The van der Waals surface area contributed by atoms with E-state index < -0.39 is 15.8 Å². The Kier molecular flexibility index (Phi) is 3.94. The molecule has 0 aliphatic carbocycles. The molecule has 0 amide bonds. The fourth-order valence-electron chi connectivity index (χ4n) is 2.18. The minimum atomic E-state index is -3.52. The highest BCUT2D eigenvalue weighted by Gasteiger charge is 2.32. The molecule has 0 radical (unpaired) electrons. The van der Waals surface area contributed by atoms with E-state index in [2.05, 4.69) is 0 Å². The topological polar surface area (TPSA) is 37.4 Å². The molecule has 1 aromatic carbocycles. The summed E-state index contributed by atoms with van der Waals surface area (Å²) in [6.07, 6.45) is 0.781. The summed E-state index contributed by atoms with van der Waals surface area (Å²) in [5, 5.41) is 0. The van der Waals surface area contributed by atoms with Crippen molar-refractivity contribution in [1.82, 2.24) is 4.31 Å². The van der Waals surface area contributed by atoms with Crippen LogP contribution < -0.4 is 0 Å². The van der Waals surface area contributed by atoms with Gasteiger partial charge in [0.05, 0.1) is 4.90 Å². The summed E-state index contributed by atoms with van der Waals surface area (Å²) in [6, 6.07) is 3.74. The Balaban J connectivity index is 2.31. The molecule has 1 atom stereocenters. The molecule has 1 fully saturated rings. The maximum Gasteiger partial charge on any atom is 0.243 e. The number of benzene rings is 1. The molecular weight excluding hydrogens is 277 g/mol. The van der Waals surface area contributed by atoms with E-state index in [-0.39, 0.29) is 10.8 Å². The van der Waals surface area contributed by atoms with Gasteiger partial charge in [-0.2, -0.15) is 4.31 Å². The van der Waals surface area contributed by atoms with Crippen LogP contribution in [0.1, 0.15) is 12.0 Å². The van der Waals surface area contributed by atoms with Crippen molar-refractivity contribution >= 4 is 21.6 Å². The van der Waals surface area contributed by atoms with Crippen molar-refractivity contribution in [2.75, 3.05) is 19.0 Å². The Hall–Kier alpha value is -0.650. The first kappa shape index (κ1) is 13.8. The minimum Gasteiger partial charge on any atom is -0.207 e. The van der Waals surface area contributed by atoms with Crippen LogP contribution in [0.4, 0.5) is 4.39 Å². The Labute approximate surface area is 112 Å². The molecule has 1 saturated heterocycles. The molecule has 1 aromatic rings. The summed E-state index contributed by atoms with van der Waals surface area (Å²) in [7, 11) is -3.52. The average molecular weight is 292 g/mol. The second kappa shape index (κ2) is 5.15. The summed E-state index contributed by atoms with van der Waals surface area (Å²) < 4.78 is 39.2. The van der Waals surface area contributed by atoms with Crippen molar-refractivity contribution in [3.63, 3.8) is 0 Å². The number of rotatable bonds is 3. The van der Waals surface area contributed by atoms with Crippen molar-refractivity contribution in [2.24, 2.45) is 5.92 Å². The standard InChI is InChI=1S/C12H15ClFNO2S/c1-9-6-11(14)2-3-12(9)18(16,17)15-5-4-10(7-13)8-15/h2-3,6,10H,4-5,7-8H2,1H3. The zero-order valence-corrected chi connectivity index (χ0v) is 11.6. The highest BCUT2D eigenvalue weighted by Crippen LogP contribution is 2.26. The van der Waals surface area contributed by atoms with E-state index in [1.54, 1.807) is 6.92 Å². The van der Waals surface area contributed by atoms with Crippen LogP contribution in [0.15, 0.2) is 23.1 Å². The van der Waals surface area contributed by atoms with Gasteiger partial charge in [0.25, 0.3) is 0 Å². The first-order valence-electron chi connectivity index (χ1n) is 5.77. The highest BCUT2D eigenvalue weighted by molar-refractivity contribution is 7.89. The van der Waals surface area contributed by atoms with E-state index in [1.807, 2.05) is 0 Å². The lowest BCUT2D eigenvalue weighted by Gasteiger charge is -2.17. The van der Waals surface area contributed by atoms with Crippen LogP contribution in [0.2, 0.25) is 0 Å². The zero-order valence-electron chi connectivity index (χ0n) is 10.1. The minimum absolute atomic E-state index is 0.180. The molecule has 0 aromatic heterocycles. The monoisotopic (exact) mass is 291 g/mol. The molecule has 1 aliphatic heterocycles. The lowest BCUT2D eigenvalue weighted by molar-refractivity contribution is 0.464. The first-order chi connectivity index (χ1) is 8.45. The normalized spacial score (nSPS) is 21.4. The summed E-state index contributed by atoms with van der Waals surface area (Å²) in [6.45, 7) is 2.53. The Bertz CT molecular complexity index is 547. The quantitative estimate of drug-likeness (QED) is 0.802. The van der Waals surface area contributed by atoms with Gasteiger partial charge in [0.2, 0.25) is 10.0 Å². The molecule has 0 spiro atoms. The van der Waals surface area contributed by atoms with Gasteiger partial charge in [-0.3, -0.25) is 0 Å². The van der Waals surface area contributed by atoms with E-state index in [9.17, 15) is 12.8 Å². The van der Waals surface area contributed by atoms with E-state index >= 15 is 0 Å². The van der Waals surface area contributed by atoms with Crippen LogP contribution >= 0.6 is 11.6 Å². The van der Waals surface area contributed by atoms with E-state index in [0.717, 1.165) is 6.42 Å².